The number of ketones is 1. The number of carbonyl (C=O) groups is 1. The third kappa shape index (κ3) is 3.74. The Balaban J connectivity index is 2.44. The molecule has 1 aliphatic rings. The lowest BCUT2D eigenvalue weighted by molar-refractivity contribution is -0.117. The van der Waals surface area contributed by atoms with E-state index >= 15 is 0 Å². The Labute approximate surface area is 123 Å². The second-order valence-electron chi connectivity index (χ2n) is 5.20. The number of hydrogen-bond donors (Lipinski definition) is 2. The molecule has 1 heterocycles. The van der Waals surface area contributed by atoms with Gasteiger partial charge in [0.05, 0.1) is 0 Å². The summed E-state index contributed by atoms with van der Waals surface area (Å²) in [4.78, 5) is 24.2. The van der Waals surface area contributed by atoms with Crippen molar-refractivity contribution in [1.29, 1.82) is 0 Å². The Bertz CT molecular complexity index is 570. The van der Waals surface area contributed by atoms with Crippen LogP contribution in [0.3, 0.4) is 0 Å². The molecule has 0 bridgehead atoms. The van der Waals surface area contributed by atoms with Crippen LogP contribution in [0.1, 0.15) is 45.9 Å². The predicted molar refractivity (Wildman–Crippen MR) is 79.6 cm³/mol. The Hall–Kier alpha value is -2.05. The average Bonchev–Trinajstić information content (AvgIpc) is 2.41. The van der Waals surface area contributed by atoms with Gasteiger partial charge in [0.15, 0.2) is 17.4 Å². The molecule has 21 heavy (non-hydrogen) atoms. The largest absolute Gasteiger partial charge is 0.354 e. The standard InChI is InChI=1S/C14H20FN5O/c1-4-16-13-18-12(19-14(20-13)17-8(2)3)9-6-5-7-10(21)11(9)15/h8H,4-7H2,1-3H3,(H2,16,17,18,19,20). The molecule has 2 N–H and O–H groups in total. The summed E-state index contributed by atoms with van der Waals surface area (Å²) in [5, 5.41) is 6.07. The zero-order valence-electron chi connectivity index (χ0n) is 12.5. The molecule has 0 unspecified atom stereocenters. The predicted octanol–water partition coefficient (Wildman–Crippen LogP) is 2.56. The minimum Gasteiger partial charge on any atom is -0.354 e. The summed E-state index contributed by atoms with van der Waals surface area (Å²) in [6, 6.07) is 0.140. The molecule has 0 amide bonds. The van der Waals surface area contributed by atoms with Gasteiger partial charge in [-0.15, -0.1) is 0 Å². The first kappa shape index (κ1) is 15.3. The van der Waals surface area contributed by atoms with Gasteiger partial charge < -0.3 is 10.6 Å². The normalized spacial score (nSPS) is 15.6. The number of nitrogens with one attached hydrogen (secondary N) is 2. The quantitative estimate of drug-likeness (QED) is 0.868. The maximum Gasteiger partial charge on any atom is 0.228 e. The van der Waals surface area contributed by atoms with Gasteiger partial charge in [-0.25, -0.2) is 4.39 Å². The van der Waals surface area contributed by atoms with Crippen LogP contribution in [0.2, 0.25) is 0 Å². The molecule has 0 saturated heterocycles. The topological polar surface area (TPSA) is 79.8 Å². The summed E-state index contributed by atoms with van der Waals surface area (Å²) in [6.07, 6.45) is 1.34. The van der Waals surface area contributed by atoms with E-state index in [1.807, 2.05) is 20.8 Å². The highest BCUT2D eigenvalue weighted by Gasteiger charge is 2.24. The van der Waals surface area contributed by atoms with Crippen molar-refractivity contribution in [3.63, 3.8) is 0 Å². The van der Waals surface area contributed by atoms with Crippen molar-refractivity contribution in [3.05, 3.63) is 11.7 Å². The fraction of sp³-hybridized carbons (Fsp3) is 0.571. The lowest BCUT2D eigenvalue weighted by Gasteiger charge is -2.15. The minimum absolute atomic E-state index is 0.140. The second kappa shape index (κ2) is 6.60. The zero-order chi connectivity index (χ0) is 15.4. The molecule has 0 radical (unpaired) electrons. The number of halogens is 1. The van der Waals surface area contributed by atoms with Gasteiger partial charge in [0.25, 0.3) is 0 Å². The van der Waals surface area contributed by atoms with Crippen molar-refractivity contribution < 1.29 is 9.18 Å². The molecule has 1 aromatic rings. The summed E-state index contributed by atoms with van der Waals surface area (Å²) in [5.41, 5.74) is 0.277. The van der Waals surface area contributed by atoms with Gasteiger partial charge in [0.2, 0.25) is 11.9 Å². The van der Waals surface area contributed by atoms with Crippen molar-refractivity contribution in [2.75, 3.05) is 17.2 Å². The Morgan fingerprint density at radius 1 is 1.19 bits per heavy atom. The van der Waals surface area contributed by atoms with Gasteiger partial charge in [0.1, 0.15) is 0 Å². The molecule has 1 aromatic heterocycles. The highest BCUT2D eigenvalue weighted by atomic mass is 19.1. The molecule has 0 aromatic carbocycles. The van der Waals surface area contributed by atoms with E-state index in [2.05, 4.69) is 25.6 Å². The molecule has 6 nitrogen and oxygen atoms in total. The molecule has 0 aliphatic heterocycles. The van der Waals surface area contributed by atoms with Crippen molar-refractivity contribution in [1.82, 2.24) is 15.0 Å². The fourth-order valence-electron chi connectivity index (χ4n) is 2.09. The number of rotatable bonds is 5. The summed E-state index contributed by atoms with van der Waals surface area (Å²) in [6.45, 7) is 6.48. The van der Waals surface area contributed by atoms with E-state index in [1.54, 1.807) is 0 Å². The highest BCUT2D eigenvalue weighted by molar-refractivity contribution is 6.01. The molecule has 0 saturated carbocycles. The van der Waals surface area contributed by atoms with Crippen molar-refractivity contribution in [2.24, 2.45) is 0 Å². The van der Waals surface area contributed by atoms with Gasteiger partial charge in [0, 0.05) is 24.6 Å². The number of Topliss-reactive ketones (excluding diaryl/α,β-unsaturated/α-hetero) is 1. The number of anilines is 2. The molecule has 2 rings (SSSR count). The second-order valence-corrected chi connectivity index (χ2v) is 5.20. The first-order chi connectivity index (χ1) is 10.0. The molecule has 114 valence electrons. The van der Waals surface area contributed by atoms with Crippen LogP contribution in [0.15, 0.2) is 5.83 Å². The average molecular weight is 293 g/mol. The summed E-state index contributed by atoms with van der Waals surface area (Å²) < 4.78 is 14.0. The molecule has 0 fully saturated rings. The van der Waals surface area contributed by atoms with E-state index in [4.69, 9.17) is 0 Å². The molecule has 0 spiro atoms. The zero-order valence-corrected chi connectivity index (χ0v) is 12.5. The molecular formula is C14H20FN5O. The lowest BCUT2D eigenvalue weighted by atomic mass is 9.97. The van der Waals surface area contributed by atoms with E-state index in [0.717, 1.165) is 0 Å². The first-order valence-corrected chi connectivity index (χ1v) is 7.20. The van der Waals surface area contributed by atoms with Crippen LogP contribution in [0.5, 0.6) is 0 Å². The van der Waals surface area contributed by atoms with E-state index in [0.29, 0.717) is 31.3 Å². The molecule has 1 aliphatic carbocycles. The van der Waals surface area contributed by atoms with Gasteiger partial charge in [-0.3, -0.25) is 4.79 Å². The monoisotopic (exact) mass is 293 g/mol. The van der Waals surface area contributed by atoms with Crippen LogP contribution >= 0.6 is 0 Å². The van der Waals surface area contributed by atoms with Gasteiger partial charge in [-0.1, -0.05) is 0 Å². The van der Waals surface area contributed by atoms with Gasteiger partial charge in [-0.05, 0) is 33.6 Å². The van der Waals surface area contributed by atoms with Crippen LogP contribution < -0.4 is 10.6 Å². The number of allylic oxidation sites excluding steroid dienone is 2. The summed E-state index contributed by atoms with van der Waals surface area (Å²) >= 11 is 0. The number of hydrogen-bond acceptors (Lipinski definition) is 6. The molecular weight excluding hydrogens is 273 g/mol. The third-order valence-corrected chi connectivity index (χ3v) is 3.00. The van der Waals surface area contributed by atoms with Crippen LogP contribution in [-0.4, -0.2) is 33.3 Å². The Morgan fingerprint density at radius 2 is 1.90 bits per heavy atom. The third-order valence-electron chi connectivity index (χ3n) is 3.00. The number of carbonyl (C=O) groups excluding carboxylic acids is 1. The van der Waals surface area contributed by atoms with E-state index in [1.165, 1.54) is 0 Å². The van der Waals surface area contributed by atoms with Crippen LogP contribution in [0.25, 0.3) is 5.57 Å². The van der Waals surface area contributed by atoms with E-state index in [-0.39, 0.29) is 23.9 Å². The smallest absolute Gasteiger partial charge is 0.228 e. The maximum atomic E-state index is 14.0. The Kier molecular flexibility index (Phi) is 4.82. The Morgan fingerprint density at radius 3 is 2.57 bits per heavy atom. The SMILES string of the molecule is CCNc1nc(NC(C)C)nc(C2=C(F)C(=O)CCC2)n1. The van der Waals surface area contributed by atoms with Crippen LogP contribution in [-0.2, 0) is 4.79 Å². The number of aromatic nitrogens is 3. The molecule has 7 heteroatoms. The first-order valence-electron chi connectivity index (χ1n) is 7.20. The van der Waals surface area contributed by atoms with Gasteiger partial charge in [-0.2, -0.15) is 15.0 Å². The van der Waals surface area contributed by atoms with Crippen LogP contribution in [0.4, 0.5) is 16.3 Å². The molecule has 0 atom stereocenters. The minimum atomic E-state index is -0.717. The van der Waals surface area contributed by atoms with Gasteiger partial charge >= 0.3 is 0 Å². The fourth-order valence-corrected chi connectivity index (χ4v) is 2.09. The van der Waals surface area contributed by atoms with E-state index < -0.39 is 11.6 Å². The summed E-state index contributed by atoms with van der Waals surface area (Å²) in [5.74, 6) is -0.201. The van der Waals surface area contributed by atoms with Crippen LogP contribution in [0, 0.1) is 0 Å². The van der Waals surface area contributed by atoms with E-state index in [9.17, 15) is 9.18 Å². The summed E-state index contributed by atoms with van der Waals surface area (Å²) in [7, 11) is 0. The highest BCUT2D eigenvalue weighted by Crippen LogP contribution is 2.30. The lowest BCUT2D eigenvalue weighted by Crippen LogP contribution is -2.17. The van der Waals surface area contributed by atoms with Crippen molar-refractivity contribution >= 4 is 23.3 Å². The number of nitrogens with zero attached hydrogens (tertiary/aromatic N) is 3. The van der Waals surface area contributed by atoms with Crippen molar-refractivity contribution in [2.45, 2.75) is 46.1 Å². The van der Waals surface area contributed by atoms with Crippen molar-refractivity contribution in [3.8, 4) is 0 Å². The maximum absolute atomic E-state index is 14.0.